The molecule has 0 amide bonds. The van der Waals surface area contributed by atoms with Gasteiger partial charge in [0.15, 0.2) is 4.77 Å². The number of aromatic nitrogens is 2. The second kappa shape index (κ2) is 5.26. The van der Waals surface area contributed by atoms with E-state index >= 15 is 0 Å². The third-order valence-corrected chi connectivity index (χ3v) is 3.56. The number of hydrogen-bond acceptors (Lipinski definition) is 4. The van der Waals surface area contributed by atoms with Gasteiger partial charge in [-0.25, -0.2) is 0 Å². The van der Waals surface area contributed by atoms with Crippen LogP contribution in [0.3, 0.4) is 0 Å². The lowest BCUT2D eigenvalue weighted by Gasteiger charge is -2.27. The van der Waals surface area contributed by atoms with Crippen LogP contribution in [0.15, 0.2) is 11.0 Å². The van der Waals surface area contributed by atoms with E-state index in [1.807, 2.05) is 6.92 Å². The number of hydrogen-bond donors (Lipinski definition) is 2. The van der Waals surface area contributed by atoms with E-state index in [9.17, 15) is 9.90 Å². The predicted octanol–water partition coefficient (Wildman–Crippen LogP) is 0.129. The molecule has 1 saturated heterocycles. The van der Waals surface area contributed by atoms with E-state index in [4.69, 9.17) is 32.6 Å². The van der Waals surface area contributed by atoms with Crippen molar-refractivity contribution in [1.29, 1.82) is 0 Å². The highest BCUT2D eigenvalue weighted by molar-refractivity contribution is 7.71. The Morgan fingerprint density at radius 1 is 1.63 bits per heavy atom. The average Bonchev–Trinajstić information content (AvgIpc) is 2.78. The summed E-state index contributed by atoms with van der Waals surface area (Å²) < 4.78 is 7.56. The van der Waals surface area contributed by atoms with Crippen molar-refractivity contribution in [2.24, 2.45) is 0 Å². The largest absolute Gasteiger partial charge is 0.407 e. The fraction of sp³-hybridized carbons (Fsp3) is 0.636. The van der Waals surface area contributed by atoms with E-state index in [1.54, 1.807) is 10.8 Å². The van der Waals surface area contributed by atoms with Crippen molar-refractivity contribution in [3.63, 3.8) is 0 Å². The molecule has 2 N–H and O–H groups in total. The molecular formula is C11H14B2N2O3S. The molecule has 2 heterocycles. The number of nitrogens with zero attached hydrogens (tertiary/aromatic N) is 1. The number of aliphatic hydroxyl groups is 1. The first-order valence-electron chi connectivity index (χ1n) is 6.13. The Morgan fingerprint density at radius 2 is 2.32 bits per heavy atom. The average molecular weight is 276 g/mol. The van der Waals surface area contributed by atoms with E-state index in [2.05, 4.69) is 4.98 Å². The minimum atomic E-state index is -1.87. The van der Waals surface area contributed by atoms with Crippen LogP contribution in [-0.4, -0.2) is 41.9 Å². The van der Waals surface area contributed by atoms with Crippen molar-refractivity contribution >= 4 is 27.9 Å². The van der Waals surface area contributed by atoms with E-state index in [0.717, 1.165) is 0 Å². The number of H-pyrrole nitrogens is 1. The first kappa shape index (κ1) is 14.6. The third-order valence-electron chi connectivity index (χ3n) is 3.25. The maximum Gasteiger partial charge on any atom is 0.254 e. The molecule has 1 aliphatic rings. The van der Waals surface area contributed by atoms with Gasteiger partial charge in [0.05, 0.1) is 6.10 Å². The molecule has 2 rings (SSSR count). The molecule has 19 heavy (non-hydrogen) atoms. The van der Waals surface area contributed by atoms with Gasteiger partial charge in [0.1, 0.15) is 21.9 Å². The highest BCUT2D eigenvalue weighted by Crippen LogP contribution is 2.31. The maximum absolute atomic E-state index is 11.6. The van der Waals surface area contributed by atoms with Crippen LogP contribution in [-0.2, 0) is 11.2 Å². The minimum absolute atomic E-state index is 0.188. The Bertz CT molecular complexity index is 579. The molecule has 4 radical (unpaired) electrons. The molecule has 5 nitrogen and oxygen atoms in total. The molecule has 0 bridgehead atoms. The fourth-order valence-electron chi connectivity index (χ4n) is 2.16. The molecule has 98 valence electrons. The smallest absolute Gasteiger partial charge is 0.254 e. The molecule has 1 aromatic rings. The van der Waals surface area contributed by atoms with Crippen molar-refractivity contribution in [2.45, 2.75) is 43.9 Å². The van der Waals surface area contributed by atoms with Gasteiger partial charge in [-0.2, -0.15) is 0 Å². The topological polar surface area (TPSA) is 67.2 Å². The van der Waals surface area contributed by atoms with Crippen LogP contribution in [0.1, 0.15) is 31.6 Å². The van der Waals surface area contributed by atoms with Gasteiger partial charge < -0.3 is 9.84 Å². The Morgan fingerprint density at radius 3 is 2.84 bits per heavy atom. The molecule has 1 fully saturated rings. The molecule has 0 spiro atoms. The van der Waals surface area contributed by atoms with Crippen LogP contribution in [0.5, 0.6) is 0 Å². The molecule has 1 aliphatic heterocycles. The fourth-order valence-corrected chi connectivity index (χ4v) is 2.42. The van der Waals surface area contributed by atoms with Crippen molar-refractivity contribution in [3.8, 4) is 0 Å². The van der Waals surface area contributed by atoms with Gasteiger partial charge in [0.2, 0.25) is 0 Å². The lowest BCUT2D eigenvalue weighted by atomic mass is 9.61. The Labute approximate surface area is 118 Å². The zero-order valence-electron chi connectivity index (χ0n) is 10.6. The number of ether oxygens (including phenoxy) is 1. The lowest BCUT2D eigenvalue weighted by molar-refractivity contribution is -0.0496. The molecule has 0 aromatic carbocycles. The second-order valence-electron chi connectivity index (χ2n) is 4.72. The Hall–Kier alpha value is -0.850. The van der Waals surface area contributed by atoms with E-state index in [1.165, 1.54) is 0 Å². The van der Waals surface area contributed by atoms with Crippen molar-refractivity contribution in [2.75, 3.05) is 0 Å². The first-order valence-corrected chi connectivity index (χ1v) is 6.53. The van der Waals surface area contributed by atoms with Gasteiger partial charge in [0, 0.05) is 17.2 Å². The van der Waals surface area contributed by atoms with Crippen LogP contribution >= 0.6 is 12.2 Å². The van der Waals surface area contributed by atoms with Crippen LogP contribution in [0.2, 0.25) is 0 Å². The summed E-state index contributed by atoms with van der Waals surface area (Å²) in [5.41, 5.74) is 0.434. The molecule has 1 aromatic heterocycles. The van der Waals surface area contributed by atoms with Gasteiger partial charge in [-0.05, 0) is 31.5 Å². The summed E-state index contributed by atoms with van der Waals surface area (Å²) in [4.78, 5) is 14.2. The molecule has 0 saturated carbocycles. The van der Waals surface area contributed by atoms with Gasteiger partial charge in [-0.15, -0.1) is 0 Å². The summed E-state index contributed by atoms with van der Waals surface area (Å²) in [5.74, 6) is 0. The van der Waals surface area contributed by atoms with Crippen LogP contribution in [0, 0.1) is 4.77 Å². The molecule has 8 heteroatoms. The number of rotatable bonds is 3. The zero-order chi connectivity index (χ0) is 14.2. The number of aryl methyl sites for hydroxylation is 1. The SMILES string of the molecule is [B]C([B])(O)C1CCC(n2cc(CC)c(=O)[nH]c2=S)O1. The first-order chi connectivity index (χ1) is 8.82. The summed E-state index contributed by atoms with van der Waals surface area (Å²) in [6.45, 7) is 1.88. The third kappa shape index (κ3) is 3.01. The van der Waals surface area contributed by atoms with Gasteiger partial charge in [-0.3, -0.25) is 14.3 Å². The van der Waals surface area contributed by atoms with Crippen LogP contribution in [0.25, 0.3) is 0 Å². The summed E-state index contributed by atoms with van der Waals surface area (Å²) in [6, 6.07) is 0. The monoisotopic (exact) mass is 276 g/mol. The quantitative estimate of drug-likeness (QED) is 0.608. The predicted molar refractivity (Wildman–Crippen MR) is 74.9 cm³/mol. The van der Waals surface area contributed by atoms with Crippen LogP contribution < -0.4 is 5.56 Å². The highest BCUT2D eigenvalue weighted by atomic mass is 32.1. The van der Waals surface area contributed by atoms with Crippen molar-refractivity contribution in [3.05, 3.63) is 26.9 Å². The molecule has 2 atom stereocenters. The Balaban J connectivity index is 2.30. The molecule has 2 unspecified atom stereocenters. The molecular weight excluding hydrogens is 262 g/mol. The van der Waals surface area contributed by atoms with Gasteiger partial charge in [-0.1, -0.05) is 6.92 Å². The number of aromatic amines is 1. The van der Waals surface area contributed by atoms with Crippen molar-refractivity contribution < 1.29 is 9.84 Å². The second-order valence-corrected chi connectivity index (χ2v) is 5.11. The Kier molecular flexibility index (Phi) is 4.03. The summed E-state index contributed by atoms with van der Waals surface area (Å²) >= 11 is 5.12. The summed E-state index contributed by atoms with van der Waals surface area (Å²) in [6.07, 6.45) is 2.38. The minimum Gasteiger partial charge on any atom is -0.407 e. The van der Waals surface area contributed by atoms with Gasteiger partial charge >= 0.3 is 0 Å². The van der Waals surface area contributed by atoms with Crippen molar-refractivity contribution in [1.82, 2.24) is 9.55 Å². The normalized spacial score (nSPS) is 23.7. The van der Waals surface area contributed by atoms with Gasteiger partial charge in [0.25, 0.3) is 5.56 Å². The number of nitrogens with one attached hydrogen (secondary N) is 1. The summed E-state index contributed by atoms with van der Waals surface area (Å²) in [5, 5.41) is 7.67. The lowest BCUT2D eigenvalue weighted by Crippen LogP contribution is -2.43. The standard InChI is InChI=1S/C11H14B2N2O3S/c1-2-6-5-15(10(19)14-9(6)16)8-4-3-7(18-8)11(12,13)17/h5,7-8,17H,2-4H2,1H3,(H,14,16,19). The van der Waals surface area contributed by atoms with E-state index in [-0.39, 0.29) is 16.6 Å². The van der Waals surface area contributed by atoms with E-state index < -0.39 is 11.5 Å². The zero-order valence-corrected chi connectivity index (χ0v) is 11.4. The highest BCUT2D eigenvalue weighted by Gasteiger charge is 2.35. The van der Waals surface area contributed by atoms with Crippen LogP contribution in [0.4, 0.5) is 0 Å². The maximum atomic E-state index is 11.6. The summed E-state index contributed by atoms with van der Waals surface area (Å²) in [7, 11) is 10.8. The molecule has 0 aliphatic carbocycles. The van der Waals surface area contributed by atoms with E-state index in [0.29, 0.717) is 24.8 Å².